The molecule has 27 heavy (non-hydrogen) atoms. The molecule has 0 saturated heterocycles. The summed E-state index contributed by atoms with van der Waals surface area (Å²) in [6, 6.07) is 7.67. The maximum absolute atomic E-state index is 10.7. The molecular formula is C22H24O5. The smallest absolute Gasteiger partial charge is 0.165 e. The third kappa shape index (κ3) is 2.87. The van der Waals surface area contributed by atoms with E-state index in [2.05, 4.69) is 6.08 Å². The highest BCUT2D eigenvalue weighted by molar-refractivity contribution is 5.62. The van der Waals surface area contributed by atoms with Gasteiger partial charge in [-0.05, 0) is 38.5 Å². The highest BCUT2D eigenvalue weighted by Gasteiger charge is 2.43. The van der Waals surface area contributed by atoms with Crippen LogP contribution in [0, 0.1) is 0 Å². The molecule has 2 aliphatic rings. The van der Waals surface area contributed by atoms with Gasteiger partial charge in [0.1, 0.15) is 23.4 Å². The Balaban J connectivity index is 1.80. The van der Waals surface area contributed by atoms with Crippen molar-refractivity contribution in [1.82, 2.24) is 0 Å². The fraction of sp³-hybridized carbons (Fsp3) is 0.364. The Kier molecular flexibility index (Phi) is 4.38. The van der Waals surface area contributed by atoms with Crippen LogP contribution in [-0.2, 0) is 6.42 Å². The number of rotatable bonds is 4. The zero-order valence-electron chi connectivity index (χ0n) is 16.0. The third-order valence-electron chi connectivity index (χ3n) is 5.23. The van der Waals surface area contributed by atoms with Crippen LogP contribution in [0.4, 0.5) is 0 Å². The number of hydrogen-bond donors (Lipinski definition) is 1. The molecule has 2 aliphatic heterocycles. The summed E-state index contributed by atoms with van der Waals surface area (Å²) in [6.45, 7) is 4.58. The normalized spacial score (nSPS) is 19.1. The van der Waals surface area contributed by atoms with Crippen LogP contribution < -0.4 is 18.9 Å². The first-order valence-corrected chi connectivity index (χ1v) is 9.07. The van der Waals surface area contributed by atoms with E-state index in [9.17, 15) is 5.11 Å². The summed E-state index contributed by atoms with van der Waals surface area (Å²) in [6.07, 6.45) is 2.52. The van der Waals surface area contributed by atoms with Crippen molar-refractivity contribution in [3.63, 3.8) is 0 Å². The van der Waals surface area contributed by atoms with Crippen molar-refractivity contribution in [2.24, 2.45) is 0 Å². The molecule has 0 aromatic heterocycles. The molecule has 2 aromatic carbocycles. The summed E-state index contributed by atoms with van der Waals surface area (Å²) < 4.78 is 23.1. The SMILES string of the molecule is COc1ccc2c(c1)OC[C@H]1c3cc(OC)c(O)c(CC=C(C)C)c3O[C@@H]21. The predicted molar refractivity (Wildman–Crippen MR) is 102 cm³/mol. The lowest BCUT2D eigenvalue weighted by molar-refractivity contribution is 0.138. The lowest BCUT2D eigenvalue weighted by Crippen LogP contribution is -2.23. The van der Waals surface area contributed by atoms with Gasteiger partial charge < -0.3 is 24.1 Å². The molecule has 2 aromatic rings. The molecule has 1 N–H and O–H groups in total. The Morgan fingerprint density at radius 1 is 1.19 bits per heavy atom. The molecule has 0 bridgehead atoms. The number of phenols is 1. The van der Waals surface area contributed by atoms with Crippen LogP contribution in [0.1, 0.15) is 42.6 Å². The summed E-state index contributed by atoms with van der Waals surface area (Å²) in [5, 5.41) is 10.7. The number of benzene rings is 2. The Morgan fingerprint density at radius 3 is 2.70 bits per heavy atom. The molecule has 4 rings (SSSR count). The van der Waals surface area contributed by atoms with E-state index in [0.29, 0.717) is 18.8 Å². The molecule has 0 unspecified atom stereocenters. The minimum absolute atomic E-state index is 0.0563. The van der Waals surface area contributed by atoms with E-state index in [4.69, 9.17) is 18.9 Å². The van der Waals surface area contributed by atoms with Crippen LogP contribution in [0.25, 0.3) is 0 Å². The van der Waals surface area contributed by atoms with Crippen molar-refractivity contribution < 1.29 is 24.1 Å². The van der Waals surface area contributed by atoms with Gasteiger partial charge in [-0.3, -0.25) is 0 Å². The lowest BCUT2D eigenvalue weighted by Gasteiger charge is -2.28. The largest absolute Gasteiger partial charge is 0.504 e. The summed E-state index contributed by atoms with van der Waals surface area (Å²) in [5.41, 5.74) is 3.96. The van der Waals surface area contributed by atoms with Gasteiger partial charge in [0, 0.05) is 22.8 Å². The Bertz CT molecular complexity index is 911. The number of ether oxygens (including phenoxy) is 4. The molecule has 5 nitrogen and oxygen atoms in total. The average molecular weight is 368 g/mol. The fourth-order valence-electron chi connectivity index (χ4n) is 3.78. The van der Waals surface area contributed by atoms with Gasteiger partial charge in [-0.1, -0.05) is 11.6 Å². The average Bonchev–Trinajstić information content (AvgIpc) is 3.04. The van der Waals surface area contributed by atoms with Crippen LogP contribution in [0.5, 0.6) is 28.7 Å². The number of phenolic OH excluding ortho intramolecular Hbond substituents is 1. The number of allylic oxidation sites excluding steroid dienone is 2. The van der Waals surface area contributed by atoms with Crippen LogP contribution in [-0.4, -0.2) is 25.9 Å². The van der Waals surface area contributed by atoms with E-state index < -0.39 is 0 Å². The molecule has 2 heterocycles. The van der Waals surface area contributed by atoms with Gasteiger partial charge in [-0.15, -0.1) is 0 Å². The van der Waals surface area contributed by atoms with Crippen molar-refractivity contribution in [2.75, 3.05) is 20.8 Å². The number of fused-ring (bicyclic) bond motifs is 5. The zero-order valence-corrected chi connectivity index (χ0v) is 16.0. The summed E-state index contributed by atoms with van der Waals surface area (Å²) in [5.74, 6) is 2.95. The highest BCUT2D eigenvalue weighted by atomic mass is 16.5. The summed E-state index contributed by atoms with van der Waals surface area (Å²) in [4.78, 5) is 0. The van der Waals surface area contributed by atoms with Crippen molar-refractivity contribution >= 4 is 0 Å². The van der Waals surface area contributed by atoms with Crippen molar-refractivity contribution in [3.8, 4) is 28.7 Å². The van der Waals surface area contributed by atoms with E-state index in [1.807, 2.05) is 38.1 Å². The van der Waals surface area contributed by atoms with Crippen molar-refractivity contribution in [3.05, 3.63) is 52.6 Å². The maximum Gasteiger partial charge on any atom is 0.165 e. The first-order valence-electron chi connectivity index (χ1n) is 9.07. The van der Waals surface area contributed by atoms with Gasteiger partial charge in [-0.25, -0.2) is 0 Å². The van der Waals surface area contributed by atoms with Crippen LogP contribution in [0.15, 0.2) is 35.9 Å². The second-order valence-electron chi connectivity index (χ2n) is 7.17. The monoisotopic (exact) mass is 368 g/mol. The Morgan fingerprint density at radius 2 is 2.00 bits per heavy atom. The quantitative estimate of drug-likeness (QED) is 0.804. The third-order valence-corrected chi connectivity index (χ3v) is 5.23. The van der Waals surface area contributed by atoms with Crippen molar-refractivity contribution in [2.45, 2.75) is 32.3 Å². The molecule has 5 heteroatoms. The Labute approximate surface area is 159 Å². The second-order valence-corrected chi connectivity index (χ2v) is 7.17. The van der Waals surface area contributed by atoms with E-state index in [1.165, 1.54) is 5.57 Å². The molecular weight excluding hydrogens is 344 g/mol. The van der Waals surface area contributed by atoms with Crippen molar-refractivity contribution in [1.29, 1.82) is 0 Å². The summed E-state index contributed by atoms with van der Waals surface area (Å²) >= 11 is 0. The van der Waals surface area contributed by atoms with Crippen LogP contribution in [0.3, 0.4) is 0 Å². The van der Waals surface area contributed by atoms with E-state index in [1.54, 1.807) is 14.2 Å². The fourth-order valence-corrected chi connectivity index (χ4v) is 3.78. The lowest BCUT2D eigenvalue weighted by atomic mass is 9.88. The summed E-state index contributed by atoms with van der Waals surface area (Å²) in [7, 11) is 3.21. The van der Waals surface area contributed by atoms with Gasteiger partial charge in [0.05, 0.1) is 26.7 Å². The van der Waals surface area contributed by atoms with E-state index >= 15 is 0 Å². The number of aromatic hydroxyl groups is 1. The molecule has 2 atom stereocenters. The van der Waals surface area contributed by atoms with Gasteiger partial charge >= 0.3 is 0 Å². The molecule has 0 saturated carbocycles. The first-order chi connectivity index (χ1) is 13.0. The second kappa shape index (κ2) is 6.72. The molecule has 0 fully saturated rings. The maximum atomic E-state index is 10.7. The van der Waals surface area contributed by atoms with E-state index in [-0.39, 0.29) is 17.8 Å². The topological polar surface area (TPSA) is 57.2 Å². The Hall–Kier alpha value is -2.82. The van der Waals surface area contributed by atoms with Gasteiger partial charge in [0.25, 0.3) is 0 Å². The molecule has 0 spiro atoms. The van der Waals surface area contributed by atoms with Gasteiger partial charge in [-0.2, -0.15) is 0 Å². The zero-order chi connectivity index (χ0) is 19.1. The highest BCUT2D eigenvalue weighted by Crippen LogP contribution is 2.55. The van der Waals surface area contributed by atoms with Crippen LogP contribution in [0.2, 0.25) is 0 Å². The molecule has 0 amide bonds. The predicted octanol–water partition coefficient (Wildman–Crippen LogP) is 4.53. The molecule has 0 radical (unpaired) electrons. The van der Waals surface area contributed by atoms with Gasteiger partial charge in [0.2, 0.25) is 0 Å². The molecule has 142 valence electrons. The molecule has 0 aliphatic carbocycles. The van der Waals surface area contributed by atoms with Crippen LogP contribution >= 0.6 is 0 Å². The number of methoxy groups -OCH3 is 2. The number of hydrogen-bond acceptors (Lipinski definition) is 5. The minimum Gasteiger partial charge on any atom is -0.504 e. The van der Waals surface area contributed by atoms with E-state index in [0.717, 1.165) is 33.9 Å². The minimum atomic E-state index is -0.147. The standard InChI is InChI=1S/C22H24O5/c1-12(2)5-7-15-20(23)19(25-4)10-16-17-11-26-18-9-13(24-3)6-8-14(18)21(17)27-22(15)16/h5-6,8-10,17,21,23H,7,11H2,1-4H3/t17-,21-/m0/s1. The van der Waals surface area contributed by atoms with Gasteiger partial charge in [0.15, 0.2) is 11.5 Å². The first kappa shape index (κ1) is 17.6.